The van der Waals surface area contributed by atoms with E-state index in [4.69, 9.17) is 0 Å². The van der Waals surface area contributed by atoms with Gasteiger partial charge in [-0.15, -0.1) is 5.10 Å². The molecule has 0 radical (unpaired) electrons. The van der Waals surface area contributed by atoms with Crippen LogP contribution in [0.15, 0.2) is 42.9 Å². The van der Waals surface area contributed by atoms with Crippen LogP contribution < -0.4 is 5.32 Å². The molecule has 7 heteroatoms. The van der Waals surface area contributed by atoms with Crippen molar-refractivity contribution in [2.45, 2.75) is 13.5 Å². The Morgan fingerprint density at radius 2 is 2.00 bits per heavy atom. The molecule has 2 aromatic heterocycles. The molecule has 0 bridgehead atoms. The quantitative estimate of drug-likeness (QED) is 0.785. The lowest BCUT2D eigenvalue weighted by molar-refractivity contribution is 0.0946. The van der Waals surface area contributed by atoms with Crippen LogP contribution in [0.5, 0.6) is 0 Å². The smallest absolute Gasteiger partial charge is 0.273 e. The van der Waals surface area contributed by atoms with Crippen molar-refractivity contribution in [2.24, 2.45) is 7.05 Å². The molecule has 22 heavy (non-hydrogen) atoms. The van der Waals surface area contributed by atoms with E-state index in [1.54, 1.807) is 21.8 Å². The van der Waals surface area contributed by atoms with Crippen LogP contribution in [0.25, 0.3) is 5.69 Å². The third kappa shape index (κ3) is 3.03. The van der Waals surface area contributed by atoms with Crippen LogP contribution in [0.2, 0.25) is 0 Å². The van der Waals surface area contributed by atoms with Crippen LogP contribution >= 0.6 is 0 Å². The molecule has 0 unspecified atom stereocenters. The van der Waals surface area contributed by atoms with Gasteiger partial charge in [0.15, 0.2) is 5.69 Å². The molecule has 0 saturated heterocycles. The molecule has 1 amide bonds. The Labute approximate surface area is 127 Å². The van der Waals surface area contributed by atoms with E-state index in [1.807, 2.05) is 44.4 Å². The SMILES string of the molecule is Cc1ccc(-n2cc(C(=O)NCc3cnn(C)c3)nn2)cc1. The molecule has 0 atom stereocenters. The summed E-state index contributed by atoms with van der Waals surface area (Å²) >= 11 is 0. The van der Waals surface area contributed by atoms with Crippen molar-refractivity contribution < 1.29 is 4.79 Å². The van der Waals surface area contributed by atoms with E-state index >= 15 is 0 Å². The molecule has 0 aliphatic heterocycles. The minimum absolute atomic E-state index is 0.262. The molecule has 0 spiro atoms. The molecule has 0 saturated carbocycles. The van der Waals surface area contributed by atoms with Crippen LogP contribution in [0.3, 0.4) is 0 Å². The molecule has 0 aliphatic carbocycles. The first-order valence-corrected chi connectivity index (χ1v) is 6.87. The van der Waals surface area contributed by atoms with Gasteiger partial charge in [0.2, 0.25) is 0 Å². The van der Waals surface area contributed by atoms with E-state index in [9.17, 15) is 4.79 Å². The van der Waals surface area contributed by atoms with E-state index in [2.05, 4.69) is 20.7 Å². The summed E-state index contributed by atoms with van der Waals surface area (Å²) in [6.07, 6.45) is 5.18. The Balaban J connectivity index is 1.67. The van der Waals surface area contributed by atoms with Crippen molar-refractivity contribution in [1.29, 1.82) is 0 Å². The zero-order valence-corrected chi connectivity index (χ0v) is 12.4. The van der Waals surface area contributed by atoms with Crippen molar-refractivity contribution in [2.75, 3.05) is 0 Å². The molecule has 7 nitrogen and oxygen atoms in total. The molecule has 1 aromatic carbocycles. The number of carbonyl (C=O) groups excluding carboxylic acids is 1. The summed E-state index contributed by atoms with van der Waals surface area (Å²) in [6, 6.07) is 7.83. The number of hydrogen-bond acceptors (Lipinski definition) is 4. The van der Waals surface area contributed by atoms with Crippen LogP contribution in [-0.4, -0.2) is 30.7 Å². The number of aromatic nitrogens is 5. The van der Waals surface area contributed by atoms with E-state index in [1.165, 1.54) is 5.56 Å². The van der Waals surface area contributed by atoms with Crippen LogP contribution in [0.4, 0.5) is 0 Å². The first-order valence-electron chi connectivity index (χ1n) is 6.87. The first kappa shape index (κ1) is 14.0. The second-order valence-corrected chi connectivity index (χ2v) is 5.09. The van der Waals surface area contributed by atoms with Gasteiger partial charge in [-0.3, -0.25) is 9.48 Å². The zero-order chi connectivity index (χ0) is 15.5. The van der Waals surface area contributed by atoms with Crippen molar-refractivity contribution in [1.82, 2.24) is 30.1 Å². The van der Waals surface area contributed by atoms with Gasteiger partial charge in [-0.2, -0.15) is 5.10 Å². The van der Waals surface area contributed by atoms with E-state index in [0.717, 1.165) is 11.3 Å². The van der Waals surface area contributed by atoms with Gasteiger partial charge in [0, 0.05) is 25.4 Å². The average Bonchev–Trinajstić information content (AvgIpc) is 3.15. The van der Waals surface area contributed by atoms with Crippen LogP contribution in [0.1, 0.15) is 21.6 Å². The molecule has 3 rings (SSSR count). The van der Waals surface area contributed by atoms with Crippen LogP contribution in [0, 0.1) is 6.92 Å². The maximum atomic E-state index is 12.1. The van der Waals surface area contributed by atoms with Crippen molar-refractivity contribution >= 4 is 5.91 Å². The minimum Gasteiger partial charge on any atom is -0.346 e. The summed E-state index contributed by atoms with van der Waals surface area (Å²) in [5, 5.41) is 14.7. The lowest BCUT2D eigenvalue weighted by Gasteiger charge is -2.00. The fraction of sp³-hybridized carbons (Fsp3) is 0.200. The number of rotatable bonds is 4. The average molecular weight is 296 g/mol. The van der Waals surface area contributed by atoms with Gasteiger partial charge in [-0.1, -0.05) is 22.9 Å². The summed E-state index contributed by atoms with van der Waals surface area (Å²) in [6.45, 7) is 2.42. The number of nitrogens with zero attached hydrogens (tertiary/aromatic N) is 5. The number of carbonyl (C=O) groups is 1. The van der Waals surface area contributed by atoms with E-state index < -0.39 is 0 Å². The molecule has 2 heterocycles. The molecular formula is C15H16N6O. The Morgan fingerprint density at radius 3 is 2.68 bits per heavy atom. The third-order valence-corrected chi connectivity index (χ3v) is 3.24. The van der Waals surface area contributed by atoms with Gasteiger partial charge in [-0.05, 0) is 19.1 Å². The summed E-state index contributed by atoms with van der Waals surface area (Å²) < 4.78 is 3.27. The maximum absolute atomic E-state index is 12.1. The van der Waals surface area contributed by atoms with Crippen LogP contribution in [-0.2, 0) is 13.6 Å². The highest BCUT2D eigenvalue weighted by Crippen LogP contribution is 2.08. The predicted molar refractivity (Wildman–Crippen MR) is 80.5 cm³/mol. The normalized spacial score (nSPS) is 10.6. The zero-order valence-electron chi connectivity index (χ0n) is 12.4. The van der Waals surface area contributed by atoms with E-state index in [0.29, 0.717) is 6.54 Å². The van der Waals surface area contributed by atoms with Gasteiger partial charge < -0.3 is 5.32 Å². The van der Waals surface area contributed by atoms with Crippen molar-refractivity contribution in [3.63, 3.8) is 0 Å². The first-order chi connectivity index (χ1) is 10.6. The lowest BCUT2D eigenvalue weighted by atomic mass is 10.2. The summed E-state index contributed by atoms with van der Waals surface area (Å²) in [5.74, 6) is -0.262. The largest absolute Gasteiger partial charge is 0.346 e. The monoisotopic (exact) mass is 296 g/mol. The highest BCUT2D eigenvalue weighted by atomic mass is 16.2. The predicted octanol–water partition coefficient (Wildman–Crippen LogP) is 1.24. The van der Waals surface area contributed by atoms with Crippen molar-refractivity contribution in [3.8, 4) is 5.69 Å². The molecule has 1 N–H and O–H groups in total. The van der Waals surface area contributed by atoms with Gasteiger partial charge in [0.25, 0.3) is 5.91 Å². The second-order valence-electron chi connectivity index (χ2n) is 5.09. The number of hydrogen-bond donors (Lipinski definition) is 1. The topological polar surface area (TPSA) is 77.6 Å². The Morgan fingerprint density at radius 1 is 1.23 bits per heavy atom. The standard InChI is InChI=1S/C15H16N6O/c1-11-3-5-13(6-4-11)21-10-14(18-19-21)15(22)16-7-12-8-17-20(2)9-12/h3-6,8-10H,7H2,1-2H3,(H,16,22). The van der Waals surface area contributed by atoms with Gasteiger partial charge in [0.1, 0.15) is 0 Å². The highest BCUT2D eigenvalue weighted by molar-refractivity contribution is 5.91. The Hall–Kier alpha value is -2.96. The summed E-state index contributed by atoms with van der Waals surface area (Å²) in [5.41, 5.74) is 3.24. The van der Waals surface area contributed by atoms with Gasteiger partial charge in [-0.25, -0.2) is 4.68 Å². The minimum atomic E-state index is -0.262. The fourth-order valence-corrected chi connectivity index (χ4v) is 2.03. The number of amides is 1. The number of benzene rings is 1. The molecule has 0 fully saturated rings. The second kappa shape index (κ2) is 5.80. The van der Waals surface area contributed by atoms with Crippen molar-refractivity contribution in [3.05, 3.63) is 59.7 Å². The Kier molecular flexibility index (Phi) is 3.69. The summed E-state index contributed by atoms with van der Waals surface area (Å²) in [4.78, 5) is 12.1. The van der Waals surface area contributed by atoms with Gasteiger partial charge in [0.05, 0.1) is 18.1 Å². The molecule has 3 aromatic rings. The van der Waals surface area contributed by atoms with Gasteiger partial charge >= 0.3 is 0 Å². The maximum Gasteiger partial charge on any atom is 0.273 e. The van der Waals surface area contributed by atoms with E-state index in [-0.39, 0.29) is 11.6 Å². The highest BCUT2D eigenvalue weighted by Gasteiger charge is 2.11. The third-order valence-electron chi connectivity index (χ3n) is 3.24. The molecule has 0 aliphatic rings. The lowest BCUT2D eigenvalue weighted by Crippen LogP contribution is -2.23. The summed E-state index contributed by atoms with van der Waals surface area (Å²) in [7, 11) is 1.83. The molecule has 112 valence electrons. The Bertz CT molecular complexity index is 786. The number of nitrogens with one attached hydrogen (secondary N) is 1. The molecular weight excluding hydrogens is 280 g/mol. The number of aryl methyl sites for hydroxylation is 2. The fourth-order valence-electron chi connectivity index (χ4n) is 2.03.